The Morgan fingerprint density at radius 1 is 1.07 bits per heavy atom. The molecular weight excluding hydrogens is 358 g/mol. The molecule has 3 fully saturated rings. The van der Waals surface area contributed by atoms with Crippen molar-refractivity contribution in [3.05, 3.63) is 23.8 Å². The first kappa shape index (κ1) is 17.9. The largest absolute Gasteiger partial charge is 0.358 e. The van der Waals surface area contributed by atoms with Crippen molar-refractivity contribution >= 4 is 23.2 Å². The van der Waals surface area contributed by atoms with E-state index in [1.165, 1.54) is 0 Å². The molecule has 0 N–H and O–H groups in total. The zero-order chi connectivity index (χ0) is 19.3. The van der Waals surface area contributed by atoms with Gasteiger partial charge in [-0.3, -0.25) is 9.59 Å². The number of likely N-dealkylation sites (tertiary alicyclic amines) is 1. The maximum Gasteiger partial charge on any atom is 0.253 e. The first-order valence-corrected chi connectivity index (χ1v) is 10.3. The third-order valence-electron chi connectivity index (χ3n) is 6.64. The van der Waals surface area contributed by atoms with Gasteiger partial charge in [-0.25, -0.2) is 0 Å². The molecule has 2 amide bonds. The Morgan fingerprint density at radius 2 is 1.82 bits per heavy atom. The number of hydrogen-bond donors (Lipinski definition) is 0. The van der Waals surface area contributed by atoms with E-state index >= 15 is 0 Å². The van der Waals surface area contributed by atoms with Crippen LogP contribution in [0.3, 0.4) is 0 Å². The topological polar surface area (TPSA) is 62.3 Å². The molecule has 0 aliphatic carbocycles. The molecule has 1 aromatic carbocycles. The van der Waals surface area contributed by atoms with Crippen molar-refractivity contribution in [2.75, 3.05) is 49.7 Å². The summed E-state index contributed by atoms with van der Waals surface area (Å²) in [6.45, 7) is 3.42. The second kappa shape index (κ2) is 6.74. The standard InChI is InChI=1S/C21H27N3O4/c1-22-18-14-15(5-6-16(18)24-9-3-2-4-17(24)20(22)26)19(25)23-10-7-21(8-11-23)27-12-13-28-21/h5-6,14,17H,2-4,7-13H2,1H3/t17-/m1/s1. The fourth-order valence-corrected chi connectivity index (χ4v) is 5.01. The van der Waals surface area contributed by atoms with Crippen molar-refractivity contribution in [1.82, 2.24) is 4.90 Å². The maximum absolute atomic E-state index is 13.1. The Labute approximate surface area is 165 Å². The second-order valence-corrected chi connectivity index (χ2v) is 8.21. The van der Waals surface area contributed by atoms with Gasteiger partial charge in [0.2, 0.25) is 5.91 Å². The van der Waals surface area contributed by atoms with Gasteiger partial charge in [0.25, 0.3) is 5.91 Å². The van der Waals surface area contributed by atoms with Crippen LogP contribution in [0.2, 0.25) is 0 Å². The number of carbonyl (C=O) groups is 2. The number of benzene rings is 1. The van der Waals surface area contributed by atoms with Crippen LogP contribution >= 0.6 is 0 Å². The van der Waals surface area contributed by atoms with Crippen molar-refractivity contribution in [2.24, 2.45) is 0 Å². The number of fused-ring (bicyclic) bond motifs is 3. The number of likely N-dealkylation sites (N-methyl/N-ethyl adjacent to an activating group) is 1. The average Bonchev–Trinajstić information content (AvgIpc) is 3.19. The van der Waals surface area contributed by atoms with Gasteiger partial charge in [-0.1, -0.05) is 0 Å². The summed E-state index contributed by atoms with van der Waals surface area (Å²) in [5, 5.41) is 0. The smallest absolute Gasteiger partial charge is 0.253 e. The molecular formula is C21H27N3O4. The Balaban J connectivity index is 1.37. The number of hydrogen-bond acceptors (Lipinski definition) is 5. The number of nitrogens with zero attached hydrogens (tertiary/aromatic N) is 3. The lowest BCUT2D eigenvalue weighted by Gasteiger charge is -2.44. The molecule has 0 radical (unpaired) electrons. The van der Waals surface area contributed by atoms with Gasteiger partial charge < -0.3 is 24.2 Å². The minimum absolute atomic E-state index is 0.0114. The van der Waals surface area contributed by atoms with E-state index in [-0.39, 0.29) is 17.9 Å². The first-order chi connectivity index (χ1) is 13.6. The van der Waals surface area contributed by atoms with Crippen LogP contribution in [0, 0.1) is 0 Å². The number of carbonyl (C=O) groups excluding carboxylic acids is 2. The molecule has 1 aromatic rings. The van der Waals surface area contributed by atoms with Gasteiger partial charge in [0, 0.05) is 45.1 Å². The highest BCUT2D eigenvalue weighted by molar-refractivity contribution is 6.07. The monoisotopic (exact) mass is 385 g/mol. The molecule has 1 spiro atoms. The average molecular weight is 385 g/mol. The lowest BCUT2D eigenvalue weighted by Crippen LogP contribution is -2.54. The SMILES string of the molecule is CN1C(=O)[C@H]2CCCCN2c2ccc(C(=O)N3CCC4(CC3)OCCO4)cc21. The van der Waals surface area contributed by atoms with Gasteiger partial charge in [-0.2, -0.15) is 0 Å². The lowest BCUT2D eigenvalue weighted by molar-refractivity contribution is -0.181. The zero-order valence-electron chi connectivity index (χ0n) is 16.4. The van der Waals surface area contributed by atoms with Gasteiger partial charge >= 0.3 is 0 Å². The summed E-state index contributed by atoms with van der Waals surface area (Å²) in [7, 11) is 1.82. The predicted octanol–water partition coefficient (Wildman–Crippen LogP) is 2.00. The summed E-state index contributed by atoms with van der Waals surface area (Å²) < 4.78 is 11.5. The van der Waals surface area contributed by atoms with E-state index in [9.17, 15) is 9.59 Å². The van der Waals surface area contributed by atoms with E-state index in [1.807, 2.05) is 30.1 Å². The van der Waals surface area contributed by atoms with Gasteiger partial charge in [0.05, 0.1) is 24.6 Å². The fourth-order valence-electron chi connectivity index (χ4n) is 5.01. The molecule has 7 heteroatoms. The van der Waals surface area contributed by atoms with Crippen molar-refractivity contribution in [2.45, 2.75) is 43.9 Å². The third kappa shape index (κ3) is 2.79. The first-order valence-electron chi connectivity index (χ1n) is 10.3. The van der Waals surface area contributed by atoms with Crippen molar-refractivity contribution in [3.8, 4) is 0 Å². The summed E-state index contributed by atoms with van der Waals surface area (Å²) in [4.78, 5) is 31.7. The summed E-state index contributed by atoms with van der Waals surface area (Å²) >= 11 is 0. The minimum atomic E-state index is -0.484. The molecule has 0 aromatic heterocycles. The molecule has 150 valence electrons. The molecule has 0 unspecified atom stereocenters. The van der Waals surface area contributed by atoms with Crippen LogP contribution < -0.4 is 9.80 Å². The molecule has 28 heavy (non-hydrogen) atoms. The van der Waals surface area contributed by atoms with Gasteiger partial charge in [0.15, 0.2) is 5.79 Å². The van der Waals surface area contributed by atoms with Crippen LogP contribution in [0.4, 0.5) is 11.4 Å². The predicted molar refractivity (Wildman–Crippen MR) is 105 cm³/mol. The minimum Gasteiger partial charge on any atom is -0.358 e. The quantitative estimate of drug-likeness (QED) is 0.740. The van der Waals surface area contributed by atoms with Crippen LogP contribution in [0.15, 0.2) is 18.2 Å². The zero-order valence-corrected chi connectivity index (χ0v) is 16.4. The van der Waals surface area contributed by atoms with E-state index in [4.69, 9.17) is 9.47 Å². The van der Waals surface area contributed by atoms with Crippen LogP contribution in [-0.2, 0) is 14.3 Å². The number of amides is 2. The molecule has 3 saturated heterocycles. The van der Waals surface area contributed by atoms with Crippen LogP contribution in [-0.4, -0.2) is 68.4 Å². The fraction of sp³-hybridized carbons (Fsp3) is 0.619. The number of piperidine rings is 2. The van der Waals surface area contributed by atoms with Gasteiger partial charge in [0.1, 0.15) is 6.04 Å². The van der Waals surface area contributed by atoms with Crippen molar-refractivity contribution in [1.29, 1.82) is 0 Å². The Morgan fingerprint density at radius 3 is 2.57 bits per heavy atom. The molecule has 0 saturated carbocycles. The van der Waals surface area contributed by atoms with E-state index in [0.717, 1.165) is 37.2 Å². The molecule has 4 heterocycles. The highest BCUT2D eigenvalue weighted by atomic mass is 16.7. The van der Waals surface area contributed by atoms with Crippen LogP contribution in [0.25, 0.3) is 0 Å². The Kier molecular flexibility index (Phi) is 4.32. The molecule has 4 aliphatic heterocycles. The van der Waals surface area contributed by atoms with Gasteiger partial charge in [-0.15, -0.1) is 0 Å². The lowest BCUT2D eigenvalue weighted by atomic mass is 9.95. The van der Waals surface area contributed by atoms with Gasteiger partial charge in [-0.05, 0) is 37.5 Å². The molecule has 0 bridgehead atoms. The molecule has 4 aliphatic rings. The summed E-state index contributed by atoms with van der Waals surface area (Å²) in [5.74, 6) is -0.341. The molecule has 5 rings (SSSR count). The van der Waals surface area contributed by atoms with Crippen LogP contribution in [0.5, 0.6) is 0 Å². The second-order valence-electron chi connectivity index (χ2n) is 8.21. The highest BCUT2D eigenvalue weighted by Crippen LogP contribution is 2.39. The maximum atomic E-state index is 13.1. The Hall–Kier alpha value is -2.12. The van der Waals surface area contributed by atoms with E-state index in [0.29, 0.717) is 44.7 Å². The van der Waals surface area contributed by atoms with E-state index in [2.05, 4.69) is 4.90 Å². The number of rotatable bonds is 1. The third-order valence-corrected chi connectivity index (χ3v) is 6.64. The normalized spacial score (nSPS) is 26.4. The van der Waals surface area contributed by atoms with Crippen molar-refractivity contribution < 1.29 is 19.1 Å². The number of ether oxygens (including phenoxy) is 2. The van der Waals surface area contributed by atoms with Crippen LogP contribution in [0.1, 0.15) is 42.5 Å². The van der Waals surface area contributed by atoms with E-state index in [1.54, 1.807) is 4.90 Å². The Bertz CT molecular complexity index is 795. The number of anilines is 2. The highest BCUT2D eigenvalue weighted by Gasteiger charge is 2.41. The summed E-state index contributed by atoms with van der Waals surface area (Å²) in [6.07, 6.45) is 4.52. The van der Waals surface area contributed by atoms with Crippen molar-refractivity contribution in [3.63, 3.8) is 0 Å². The molecule has 7 nitrogen and oxygen atoms in total. The van der Waals surface area contributed by atoms with E-state index < -0.39 is 5.79 Å². The summed E-state index contributed by atoms with van der Waals surface area (Å²) in [6, 6.07) is 5.74. The molecule has 1 atom stereocenters. The summed E-state index contributed by atoms with van der Waals surface area (Å²) in [5.41, 5.74) is 2.54.